The molecule has 0 unspecified atom stereocenters. The van der Waals surface area contributed by atoms with E-state index in [1.54, 1.807) is 18.5 Å². The molecule has 6 heterocycles. The number of pyridine rings is 1. The fourth-order valence-corrected chi connectivity index (χ4v) is 7.96. The van der Waals surface area contributed by atoms with E-state index in [0.29, 0.717) is 34.8 Å². The summed E-state index contributed by atoms with van der Waals surface area (Å²) in [5.74, 6) is 1.41. The molecule has 9 nitrogen and oxygen atoms in total. The molecule has 228 valence electrons. The van der Waals surface area contributed by atoms with Crippen molar-refractivity contribution in [1.29, 1.82) is 0 Å². The van der Waals surface area contributed by atoms with Gasteiger partial charge in [-0.1, -0.05) is 35.9 Å². The van der Waals surface area contributed by atoms with Crippen LogP contribution in [0.15, 0.2) is 55.0 Å². The average Bonchev–Trinajstić information content (AvgIpc) is 3.77. The van der Waals surface area contributed by atoms with Crippen molar-refractivity contribution < 1.29 is 9.50 Å². The van der Waals surface area contributed by atoms with Crippen molar-refractivity contribution >= 4 is 50.1 Å². The number of aromatic nitrogens is 5. The average molecular weight is 623 g/mol. The number of imidazole rings is 2. The van der Waals surface area contributed by atoms with Crippen molar-refractivity contribution in [3.05, 3.63) is 65.8 Å². The lowest BCUT2D eigenvalue weighted by Gasteiger charge is -2.43. The van der Waals surface area contributed by atoms with Gasteiger partial charge in [-0.05, 0) is 61.0 Å². The molecule has 1 saturated carbocycles. The summed E-state index contributed by atoms with van der Waals surface area (Å²) in [5, 5.41) is 16.7. The van der Waals surface area contributed by atoms with E-state index in [1.165, 1.54) is 0 Å². The van der Waals surface area contributed by atoms with E-state index >= 15 is 4.39 Å². The number of anilines is 1. The molecule has 11 heteroatoms. The lowest BCUT2D eigenvalue weighted by molar-refractivity contribution is 0.227. The molecule has 0 radical (unpaired) electrons. The van der Waals surface area contributed by atoms with Gasteiger partial charge in [-0.25, -0.2) is 19.3 Å². The second-order valence-corrected chi connectivity index (χ2v) is 13.5. The zero-order valence-corrected chi connectivity index (χ0v) is 25.9. The fourth-order valence-electron chi connectivity index (χ4n) is 7.67. The van der Waals surface area contributed by atoms with Crippen LogP contribution >= 0.6 is 11.6 Å². The van der Waals surface area contributed by atoms with Crippen LogP contribution in [0.2, 0.25) is 5.02 Å². The number of phenols is 1. The quantitative estimate of drug-likeness (QED) is 0.259. The monoisotopic (exact) mass is 622 g/mol. The Hall–Kier alpha value is -4.25. The topological polar surface area (TPSA) is 87.3 Å². The molecule has 2 bridgehead atoms. The predicted molar refractivity (Wildman–Crippen MR) is 175 cm³/mol. The molecule has 45 heavy (non-hydrogen) atoms. The van der Waals surface area contributed by atoms with Crippen molar-refractivity contribution in [2.75, 3.05) is 38.6 Å². The highest BCUT2D eigenvalue weighted by Crippen LogP contribution is 2.50. The number of hydrogen-bond acceptors (Lipinski definition) is 7. The van der Waals surface area contributed by atoms with Crippen molar-refractivity contribution in [2.24, 2.45) is 13.0 Å². The Balaban J connectivity index is 1.37. The first kappa shape index (κ1) is 27.1. The largest absolute Gasteiger partial charge is 0.508 e. The number of phenolic OH excluding ortho intramolecular Hbond substituents is 1. The van der Waals surface area contributed by atoms with Crippen LogP contribution in [-0.2, 0) is 7.05 Å². The van der Waals surface area contributed by atoms with Gasteiger partial charge in [0.15, 0.2) is 17.5 Å². The lowest BCUT2D eigenvalue weighted by Crippen LogP contribution is -2.57. The standard InChI is InChI=1S/C34H32ClFN8O/c1-41(2)19-13-43(14-19)34-30-32(44(31-18-9-25(31)37-12-18)33(40-30)26-15-42(3)16-38-26)23-11-24(35)27(28(36)29(23)39-34)22-10-20(45)8-17-6-4-5-7-21(17)22/h4-8,10-11,15-16,18-19,25,31,37,45H,9,12-14H2,1-3H3/t18-,25-,31+/m1/s1. The first-order chi connectivity index (χ1) is 21.8. The summed E-state index contributed by atoms with van der Waals surface area (Å²) in [6.07, 6.45) is 4.86. The smallest absolute Gasteiger partial charge is 0.161 e. The van der Waals surface area contributed by atoms with Crippen LogP contribution in [-0.4, -0.2) is 79.9 Å². The molecule has 4 aliphatic rings. The van der Waals surface area contributed by atoms with Crippen molar-refractivity contribution in [3.63, 3.8) is 0 Å². The van der Waals surface area contributed by atoms with E-state index in [0.717, 1.165) is 59.4 Å². The van der Waals surface area contributed by atoms with Crippen LogP contribution in [0.1, 0.15) is 12.5 Å². The highest BCUT2D eigenvalue weighted by Gasteiger charge is 2.49. The van der Waals surface area contributed by atoms with Gasteiger partial charge in [0.1, 0.15) is 22.5 Å². The Morgan fingerprint density at radius 3 is 2.60 bits per heavy atom. The predicted octanol–water partition coefficient (Wildman–Crippen LogP) is 5.59. The second-order valence-electron chi connectivity index (χ2n) is 13.0. The van der Waals surface area contributed by atoms with Gasteiger partial charge in [-0.3, -0.25) is 0 Å². The SMILES string of the molecule is CN(C)C1CN(c2nc3c(F)c(-c4cc(O)cc5ccccc45)c(Cl)cc3c3c2nc(-c2cn(C)cn2)n3[C@H]2[C@H]3CN[C@@H]2C3)C1. The summed E-state index contributed by atoms with van der Waals surface area (Å²) < 4.78 is 21.4. The minimum atomic E-state index is -0.511. The number of likely N-dealkylation sites (N-methyl/N-ethyl adjacent to an activating group) is 1. The molecule has 2 N–H and O–H groups in total. The number of hydrogen-bond donors (Lipinski definition) is 2. The molecule has 0 amide bonds. The Kier molecular flexibility index (Phi) is 5.79. The second kappa shape index (κ2) is 9.62. The van der Waals surface area contributed by atoms with Crippen LogP contribution in [0, 0.1) is 11.7 Å². The Bertz CT molecular complexity index is 2170. The first-order valence-electron chi connectivity index (χ1n) is 15.4. The minimum absolute atomic E-state index is 0.0460. The van der Waals surface area contributed by atoms with Crippen molar-refractivity contribution in [3.8, 4) is 28.4 Å². The Morgan fingerprint density at radius 1 is 1.07 bits per heavy atom. The number of fused-ring (bicyclic) bond motifs is 5. The summed E-state index contributed by atoms with van der Waals surface area (Å²) in [6, 6.07) is 13.5. The van der Waals surface area contributed by atoms with Crippen LogP contribution in [0.3, 0.4) is 0 Å². The van der Waals surface area contributed by atoms with Crippen LogP contribution in [0.5, 0.6) is 5.75 Å². The Morgan fingerprint density at radius 2 is 1.89 bits per heavy atom. The third-order valence-corrected chi connectivity index (χ3v) is 10.4. The number of halogens is 2. The van der Waals surface area contributed by atoms with Crippen LogP contribution in [0.25, 0.3) is 55.4 Å². The molecule has 3 aliphatic heterocycles. The highest BCUT2D eigenvalue weighted by molar-refractivity contribution is 6.35. The van der Waals surface area contributed by atoms with E-state index in [1.807, 2.05) is 48.1 Å². The molecule has 3 aromatic heterocycles. The molecule has 3 saturated heterocycles. The molecular formula is C34H32ClFN8O. The van der Waals surface area contributed by atoms with Crippen molar-refractivity contribution in [1.82, 2.24) is 34.3 Å². The van der Waals surface area contributed by atoms with Crippen LogP contribution < -0.4 is 10.2 Å². The maximum Gasteiger partial charge on any atom is 0.161 e. The van der Waals surface area contributed by atoms with E-state index in [2.05, 4.69) is 33.8 Å². The lowest BCUT2D eigenvalue weighted by atomic mass is 9.79. The summed E-state index contributed by atoms with van der Waals surface area (Å²) in [4.78, 5) is 19.4. The Labute approximate surface area is 263 Å². The van der Waals surface area contributed by atoms with E-state index in [-0.39, 0.29) is 27.9 Å². The van der Waals surface area contributed by atoms with Crippen LogP contribution in [0.4, 0.5) is 10.2 Å². The van der Waals surface area contributed by atoms with E-state index in [9.17, 15) is 5.11 Å². The minimum Gasteiger partial charge on any atom is -0.508 e. The summed E-state index contributed by atoms with van der Waals surface area (Å²) in [6.45, 7) is 2.47. The molecule has 0 spiro atoms. The van der Waals surface area contributed by atoms with Gasteiger partial charge in [0.25, 0.3) is 0 Å². The molecule has 3 aromatic carbocycles. The number of aryl methyl sites for hydroxylation is 1. The van der Waals surface area contributed by atoms with Crippen molar-refractivity contribution in [2.45, 2.75) is 24.5 Å². The molecule has 6 aromatic rings. The highest BCUT2D eigenvalue weighted by atomic mass is 35.5. The zero-order valence-electron chi connectivity index (χ0n) is 25.2. The number of nitrogens with zero attached hydrogens (tertiary/aromatic N) is 7. The van der Waals surface area contributed by atoms with Gasteiger partial charge in [-0.15, -0.1) is 0 Å². The molecule has 4 fully saturated rings. The number of rotatable bonds is 5. The van der Waals surface area contributed by atoms with E-state index in [4.69, 9.17) is 26.6 Å². The zero-order chi connectivity index (χ0) is 30.7. The van der Waals surface area contributed by atoms with Gasteiger partial charge in [0.2, 0.25) is 0 Å². The summed E-state index contributed by atoms with van der Waals surface area (Å²) in [5.41, 5.74) is 3.33. The fraction of sp³-hybridized carbons (Fsp3) is 0.324. The van der Waals surface area contributed by atoms with Gasteiger partial charge >= 0.3 is 0 Å². The normalized spacial score (nSPS) is 21.4. The summed E-state index contributed by atoms with van der Waals surface area (Å²) in [7, 11) is 6.10. The third kappa shape index (κ3) is 3.89. The number of aromatic hydroxyl groups is 1. The summed E-state index contributed by atoms with van der Waals surface area (Å²) >= 11 is 7.04. The maximum atomic E-state index is 17.2. The molecule has 3 atom stereocenters. The van der Waals surface area contributed by atoms with Gasteiger partial charge < -0.3 is 29.4 Å². The first-order valence-corrected chi connectivity index (χ1v) is 15.7. The molecule has 10 rings (SSSR count). The number of nitrogens with one attached hydrogen (secondary N) is 1. The van der Waals surface area contributed by atoms with Gasteiger partial charge in [0.05, 0.1) is 22.9 Å². The molecule has 1 aliphatic carbocycles. The molecular weight excluding hydrogens is 591 g/mol. The van der Waals surface area contributed by atoms with E-state index < -0.39 is 5.82 Å². The van der Waals surface area contributed by atoms with Gasteiger partial charge in [0, 0.05) is 55.9 Å². The third-order valence-electron chi connectivity index (χ3n) is 10.1. The maximum absolute atomic E-state index is 17.2. The van der Waals surface area contributed by atoms with Gasteiger partial charge in [-0.2, -0.15) is 0 Å². The number of benzene rings is 3.